The van der Waals surface area contributed by atoms with Crippen molar-refractivity contribution in [2.45, 2.75) is 19.4 Å². The zero-order valence-electron chi connectivity index (χ0n) is 9.64. The number of rotatable bonds is 4. The third-order valence-corrected chi connectivity index (χ3v) is 3.60. The highest BCUT2D eigenvalue weighted by atomic mass is 32.1. The molecule has 0 spiro atoms. The molecule has 0 aliphatic rings. The van der Waals surface area contributed by atoms with Gasteiger partial charge in [-0.25, -0.2) is 4.98 Å². The molecule has 5 nitrogen and oxygen atoms in total. The maximum Gasteiger partial charge on any atom is 0.110 e. The van der Waals surface area contributed by atoms with E-state index in [-0.39, 0.29) is 6.04 Å². The van der Waals surface area contributed by atoms with Crippen molar-refractivity contribution in [1.29, 1.82) is 0 Å². The van der Waals surface area contributed by atoms with Gasteiger partial charge in [-0.1, -0.05) is 4.49 Å². The molecule has 0 saturated carbocycles. The number of aromatic nitrogens is 4. The summed E-state index contributed by atoms with van der Waals surface area (Å²) in [5.41, 5.74) is 0.999. The van der Waals surface area contributed by atoms with Crippen LogP contribution in [0.2, 0.25) is 0 Å². The molecule has 2 aromatic rings. The molecule has 0 aliphatic heterocycles. The van der Waals surface area contributed by atoms with Gasteiger partial charge in [0.2, 0.25) is 0 Å². The summed E-state index contributed by atoms with van der Waals surface area (Å²) in [5, 5.41) is 7.33. The third-order valence-electron chi connectivity index (χ3n) is 2.66. The summed E-state index contributed by atoms with van der Waals surface area (Å²) >= 11 is 1.45. The lowest BCUT2D eigenvalue weighted by molar-refractivity contribution is 0.568. The molecule has 6 heteroatoms. The number of imidazole rings is 1. The number of hydrogen-bond donors (Lipinski definition) is 1. The minimum absolute atomic E-state index is 0.237. The summed E-state index contributed by atoms with van der Waals surface area (Å²) < 4.78 is 6.00. The lowest BCUT2D eigenvalue weighted by atomic mass is 10.1. The van der Waals surface area contributed by atoms with Crippen LogP contribution in [0.15, 0.2) is 12.4 Å². The fraction of sp³-hybridized carbons (Fsp3) is 0.500. The van der Waals surface area contributed by atoms with E-state index in [1.807, 2.05) is 38.0 Å². The Balaban J connectivity index is 2.19. The van der Waals surface area contributed by atoms with Crippen molar-refractivity contribution in [2.24, 2.45) is 7.05 Å². The number of aryl methyl sites for hydroxylation is 2. The second kappa shape index (κ2) is 4.71. The van der Waals surface area contributed by atoms with Crippen LogP contribution in [0.4, 0.5) is 0 Å². The predicted octanol–water partition coefficient (Wildman–Crippen LogP) is 1.08. The van der Waals surface area contributed by atoms with Gasteiger partial charge in [-0.2, -0.15) is 0 Å². The second-order valence-corrected chi connectivity index (χ2v) is 4.51. The van der Waals surface area contributed by atoms with Crippen molar-refractivity contribution in [3.63, 3.8) is 0 Å². The summed E-state index contributed by atoms with van der Waals surface area (Å²) in [4.78, 5) is 5.52. The van der Waals surface area contributed by atoms with E-state index in [0.717, 1.165) is 17.9 Å². The molecule has 0 amide bonds. The fourth-order valence-corrected chi connectivity index (χ4v) is 2.41. The molecule has 0 aliphatic carbocycles. The molecule has 86 valence electrons. The normalized spacial score (nSPS) is 12.9. The molecule has 2 heterocycles. The third kappa shape index (κ3) is 2.12. The van der Waals surface area contributed by atoms with Crippen LogP contribution in [0, 0.1) is 6.92 Å². The first-order valence-electron chi connectivity index (χ1n) is 5.14. The Bertz CT molecular complexity index is 461. The summed E-state index contributed by atoms with van der Waals surface area (Å²) in [5.74, 6) is 1.06. The van der Waals surface area contributed by atoms with Crippen LogP contribution in [0.1, 0.15) is 22.4 Å². The molecule has 0 aromatic carbocycles. The summed E-state index contributed by atoms with van der Waals surface area (Å²) in [7, 11) is 3.96. The molecule has 0 bridgehead atoms. The van der Waals surface area contributed by atoms with Gasteiger partial charge in [0.1, 0.15) is 5.82 Å². The molecule has 1 unspecified atom stereocenters. The van der Waals surface area contributed by atoms with E-state index in [4.69, 9.17) is 0 Å². The molecule has 2 rings (SSSR count). The van der Waals surface area contributed by atoms with Crippen LogP contribution >= 0.6 is 11.5 Å². The average molecular weight is 237 g/mol. The van der Waals surface area contributed by atoms with Crippen LogP contribution < -0.4 is 5.32 Å². The monoisotopic (exact) mass is 237 g/mol. The van der Waals surface area contributed by atoms with Crippen LogP contribution in [0.3, 0.4) is 0 Å². The number of nitrogens with one attached hydrogen (secondary N) is 1. The van der Waals surface area contributed by atoms with Crippen molar-refractivity contribution in [3.8, 4) is 0 Å². The van der Waals surface area contributed by atoms with Gasteiger partial charge in [0, 0.05) is 25.9 Å². The molecular weight excluding hydrogens is 222 g/mol. The quantitative estimate of drug-likeness (QED) is 0.864. The summed E-state index contributed by atoms with van der Waals surface area (Å²) in [6, 6.07) is 0.237. The first-order valence-corrected chi connectivity index (χ1v) is 5.92. The summed E-state index contributed by atoms with van der Waals surface area (Å²) in [6.45, 7) is 1.99. The standard InChI is InChI=1S/C10H15N5S/c1-7-10(16-14-13-7)8(11-2)6-9-12-4-5-15(9)3/h4-5,8,11H,6H2,1-3H3. The average Bonchev–Trinajstić information content (AvgIpc) is 2.85. The zero-order chi connectivity index (χ0) is 11.5. The van der Waals surface area contributed by atoms with Crippen LogP contribution in [-0.2, 0) is 13.5 Å². The van der Waals surface area contributed by atoms with Crippen molar-refractivity contribution in [2.75, 3.05) is 7.05 Å². The molecule has 16 heavy (non-hydrogen) atoms. The number of nitrogens with zero attached hydrogens (tertiary/aromatic N) is 4. The Labute approximate surface area is 98.7 Å². The van der Waals surface area contributed by atoms with E-state index < -0.39 is 0 Å². The highest BCUT2D eigenvalue weighted by molar-refractivity contribution is 7.05. The highest BCUT2D eigenvalue weighted by Gasteiger charge is 2.17. The lowest BCUT2D eigenvalue weighted by Crippen LogP contribution is -2.20. The summed E-state index contributed by atoms with van der Waals surface area (Å²) in [6.07, 6.45) is 4.63. The molecule has 0 saturated heterocycles. The SMILES string of the molecule is CNC(Cc1nccn1C)c1snnc1C. The van der Waals surface area contributed by atoms with Gasteiger partial charge in [-0.15, -0.1) is 5.10 Å². The van der Waals surface area contributed by atoms with Crippen LogP contribution in [-0.4, -0.2) is 26.2 Å². The topological polar surface area (TPSA) is 55.6 Å². The minimum atomic E-state index is 0.237. The van der Waals surface area contributed by atoms with Gasteiger partial charge >= 0.3 is 0 Å². The smallest absolute Gasteiger partial charge is 0.110 e. The van der Waals surface area contributed by atoms with Crippen molar-refractivity contribution < 1.29 is 0 Å². The van der Waals surface area contributed by atoms with Crippen molar-refractivity contribution in [3.05, 3.63) is 28.8 Å². The Morgan fingerprint density at radius 2 is 2.38 bits per heavy atom. The van der Waals surface area contributed by atoms with Crippen LogP contribution in [0.25, 0.3) is 0 Å². The Morgan fingerprint density at radius 1 is 1.56 bits per heavy atom. The Hall–Kier alpha value is -1.27. The maximum absolute atomic E-state index is 4.33. The first kappa shape index (κ1) is 11.2. The van der Waals surface area contributed by atoms with Gasteiger partial charge in [0.05, 0.1) is 16.6 Å². The molecule has 1 N–H and O–H groups in total. The van der Waals surface area contributed by atoms with E-state index in [0.29, 0.717) is 0 Å². The highest BCUT2D eigenvalue weighted by Crippen LogP contribution is 2.22. The number of likely N-dealkylation sites (N-methyl/N-ethyl adjacent to an activating group) is 1. The van der Waals surface area contributed by atoms with Crippen molar-refractivity contribution in [1.82, 2.24) is 24.5 Å². The molecule has 2 aromatic heterocycles. The number of hydrogen-bond acceptors (Lipinski definition) is 5. The van der Waals surface area contributed by atoms with Gasteiger partial charge < -0.3 is 9.88 Å². The van der Waals surface area contributed by atoms with Gasteiger partial charge in [-0.3, -0.25) is 0 Å². The molecular formula is C10H15N5S. The maximum atomic E-state index is 4.33. The zero-order valence-corrected chi connectivity index (χ0v) is 10.5. The van der Waals surface area contributed by atoms with Gasteiger partial charge in [0.15, 0.2) is 0 Å². The Morgan fingerprint density at radius 3 is 2.88 bits per heavy atom. The lowest BCUT2D eigenvalue weighted by Gasteiger charge is -2.14. The van der Waals surface area contributed by atoms with E-state index in [1.165, 1.54) is 16.4 Å². The largest absolute Gasteiger partial charge is 0.338 e. The van der Waals surface area contributed by atoms with E-state index in [1.54, 1.807) is 0 Å². The van der Waals surface area contributed by atoms with E-state index in [9.17, 15) is 0 Å². The fourth-order valence-electron chi connectivity index (χ4n) is 1.66. The molecule has 1 atom stereocenters. The van der Waals surface area contributed by atoms with Crippen molar-refractivity contribution >= 4 is 11.5 Å². The van der Waals surface area contributed by atoms with E-state index >= 15 is 0 Å². The van der Waals surface area contributed by atoms with Gasteiger partial charge in [-0.05, 0) is 25.5 Å². The first-order chi connectivity index (χ1) is 7.72. The van der Waals surface area contributed by atoms with E-state index in [2.05, 4.69) is 19.9 Å². The Kier molecular flexibility index (Phi) is 3.31. The predicted molar refractivity (Wildman–Crippen MR) is 63.4 cm³/mol. The molecule has 0 radical (unpaired) electrons. The van der Waals surface area contributed by atoms with Crippen LogP contribution in [0.5, 0.6) is 0 Å². The second-order valence-electron chi connectivity index (χ2n) is 3.72. The molecule has 0 fully saturated rings. The van der Waals surface area contributed by atoms with Gasteiger partial charge in [0.25, 0.3) is 0 Å². The minimum Gasteiger partial charge on any atom is -0.338 e.